The molecule has 1 fully saturated rings. The summed E-state index contributed by atoms with van der Waals surface area (Å²) in [7, 11) is 1.20. The molecular formula is C26H46N4O5S. The van der Waals surface area contributed by atoms with Crippen LogP contribution in [0.4, 0.5) is 0 Å². The first kappa shape index (κ1) is 30.5. The van der Waals surface area contributed by atoms with Gasteiger partial charge < -0.3 is 19.7 Å². The van der Waals surface area contributed by atoms with Crippen molar-refractivity contribution in [2.75, 3.05) is 73.7 Å². The summed E-state index contributed by atoms with van der Waals surface area (Å²) in [5, 5.41) is 3.40. The predicted molar refractivity (Wildman–Crippen MR) is 143 cm³/mol. The maximum atomic E-state index is 13.1. The van der Waals surface area contributed by atoms with Gasteiger partial charge in [-0.15, -0.1) is 0 Å². The second-order valence-electron chi connectivity index (χ2n) is 9.63. The molecule has 1 unspecified atom stereocenters. The molecule has 0 aromatic heterocycles. The van der Waals surface area contributed by atoms with Crippen LogP contribution in [0.3, 0.4) is 0 Å². The summed E-state index contributed by atoms with van der Waals surface area (Å²) in [6.07, 6.45) is 4.37. The van der Waals surface area contributed by atoms with Crippen LogP contribution in [-0.2, 0) is 19.6 Å². The summed E-state index contributed by atoms with van der Waals surface area (Å²) in [5.74, 6) is 0.541. The van der Waals surface area contributed by atoms with E-state index < -0.39 is 10.0 Å². The first-order chi connectivity index (χ1) is 17.1. The van der Waals surface area contributed by atoms with Crippen molar-refractivity contribution >= 4 is 15.9 Å². The van der Waals surface area contributed by atoms with Crippen molar-refractivity contribution in [1.29, 1.82) is 0 Å². The quantitative estimate of drug-likeness (QED) is 0.351. The molecule has 1 N–H and O–H groups in total. The maximum absolute atomic E-state index is 13.1. The molecule has 1 atom stereocenters. The highest BCUT2D eigenvalue weighted by atomic mass is 32.2. The topological polar surface area (TPSA) is 91.4 Å². The third-order valence-electron chi connectivity index (χ3n) is 6.96. The summed E-state index contributed by atoms with van der Waals surface area (Å²) in [4.78, 5) is 17.0. The monoisotopic (exact) mass is 526 g/mol. The Kier molecular flexibility index (Phi) is 12.6. The molecule has 0 radical (unpaired) electrons. The highest BCUT2D eigenvalue weighted by Crippen LogP contribution is 2.27. The van der Waals surface area contributed by atoms with E-state index in [-0.39, 0.29) is 30.6 Å². The number of hydrogen-bond acceptors (Lipinski definition) is 7. The fraction of sp³-hybridized carbons (Fsp3) is 0.731. The van der Waals surface area contributed by atoms with E-state index in [1.807, 2.05) is 0 Å². The van der Waals surface area contributed by atoms with Gasteiger partial charge in [-0.05, 0) is 56.4 Å². The second-order valence-corrected chi connectivity index (χ2v) is 11.6. The molecule has 36 heavy (non-hydrogen) atoms. The minimum absolute atomic E-state index is 0.0522. The van der Waals surface area contributed by atoms with Crippen LogP contribution in [0.15, 0.2) is 17.0 Å². The average molecular weight is 527 g/mol. The van der Waals surface area contributed by atoms with E-state index in [4.69, 9.17) is 9.47 Å². The number of carbonyl (C=O) groups is 1. The molecular weight excluding hydrogens is 480 g/mol. The van der Waals surface area contributed by atoms with Crippen molar-refractivity contribution in [2.45, 2.75) is 57.4 Å². The van der Waals surface area contributed by atoms with Crippen molar-refractivity contribution in [3.63, 3.8) is 0 Å². The molecule has 9 nitrogen and oxygen atoms in total. The lowest BCUT2D eigenvalue weighted by molar-refractivity contribution is -0.134. The van der Waals surface area contributed by atoms with Gasteiger partial charge in [0.25, 0.3) is 0 Å². The van der Waals surface area contributed by atoms with E-state index in [2.05, 4.69) is 17.1 Å². The van der Waals surface area contributed by atoms with Gasteiger partial charge >= 0.3 is 0 Å². The van der Waals surface area contributed by atoms with Gasteiger partial charge in [-0.25, -0.2) is 8.42 Å². The second kappa shape index (κ2) is 14.9. The predicted octanol–water partition coefficient (Wildman–Crippen LogP) is 2.26. The van der Waals surface area contributed by atoms with Crippen LogP contribution in [0.1, 0.15) is 43.7 Å². The van der Waals surface area contributed by atoms with E-state index in [0.29, 0.717) is 29.5 Å². The Bertz CT molecular complexity index is 911. The Morgan fingerprint density at radius 2 is 1.75 bits per heavy atom. The number of hydrogen-bond donors (Lipinski definition) is 1. The van der Waals surface area contributed by atoms with Gasteiger partial charge in [0.05, 0.1) is 18.6 Å². The SMILES string of the molecule is CCC(CCCCN(C)C(=O)COCCN(C)S(=O)(=O)c1c(C)cc(OC)cc1C)N1CCNCC1. The molecule has 1 aliphatic heterocycles. The first-order valence-corrected chi connectivity index (χ1v) is 14.4. The number of amides is 1. The molecule has 2 rings (SSSR count). The smallest absolute Gasteiger partial charge is 0.248 e. The third-order valence-corrected chi connectivity index (χ3v) is 9.12. The highest BCUT2D eigenvalue weighted by Gasteiger charge is 2.25. The molecule has 1 heterocycles. The lowest BCUT2D eigenvalue weighted by atomic mass is 10.0. The Labute approximate surface area is 218 Å². The molecule has 1 aliphatic rings. The normalized spacial score (nSPS) is 15.8. The van der Waals surface area contributed by atoms with Gasteiger partial charge in [0, 0.05) is 59.4 Å². The molecule has 10 heteroatoms. The zero-order valence-corrected chi connectivity index (χ0v) is 23.8. The van der Waals surface area contributed by atoms with Gasteiger partial charge in [-0.2, -0.15) is 4.31 Å². The molecule has 0 aliphatic carbocycles. The molecule has 0 bridgehead atoms. The number of rotatable bonds is 15. The van der Waals surface area contributed by atoms with Crippen LogP contribution >= 0.6 is 0 Å². The Morgan fingerprint density at radius 1 is 1.11 bits per heavy atom. The molecule has 1 aromatic carbocycles. The number of benzene rings is 1. The molecule has 0 saturated carbocycles. The van der Waals surface area contributed by atoms with Crippen LogP contribution in [0.2, 0.25) is 0 Å². The Balaban J connectivity index is 1.70. The number of carbonyl (C=O) groups excluding carboxylic acids is 1. The fourth-order valence-electron chi connectivity index (χ4n) is 4.72. The van der Waals surface area contributed by atoms with Gasteiger partial charge in [-0.3, -0.25) is 9.69 Å². The van der Waals surface area contributed by atoms with Crippen molar-refractivity contribution in [3.05, 3.63) is 23.3 Å². The van der Waals surface area contributed by atoms with Crippen LogP contribution in [-0.4, -0.2) is 108 Å². The van der Waals surface area contributed by atoms with E-state index in [0.717, 1.165) is 51.9 Å². The standard InChI is InChI=1S/C26H46N4O5S/c1-7-23(30-14-11-27-12-15-30)10-8-9-13-28(4)25(31)20-35-17-16-29(5)36(32,33)26-21(2)18-24(34-6)19-22(26)3/h18-19,23,27H,7-17,20H2,1-6H3. The number of unbranched alkanes of at least 4 members (excludes halogenated alkanes) is 1. The van der Waals surface area contributed by atoms with Crippen molar-refractivity contribution in [1.82, 2.24) is 19.4 Å². The summed E-state index contributed by atoms with van der Waals surface area (Å²) in [6.45, 7) is 11.1. The number of methoxy groups -OCH3 is 1. The summed E-state index contributed by atoms with van der Waals surface area (Å²) >= 11 is 0. The van der Waals surface area contributed by atoms with Crippen molar-refractivity contribution in [2.24, 2.45) is 0 Å². The number of sulfonamides is 1. The zero-order chi connectivity index (χ0) is 26.7. The highest BCUT2D eigenvalue weighted by molar-refractivity contribution is 7.89. The van der Waals surface area contributed by atoms with Gasteiger partial charge in [0.1, 0.15) is 12.4 Å². The van der Waals surface area contributed by atoms with E-state index in [9.17, 15) is 13.2 Å². The molecule has 206 valence electrons. The summed E-state index contributed by atoms with van der Waals surface area (Å²) in [6, 6.07) is 4.05. The summed E-state index contributed by atoms with van der Waals surface area (Å²) in [5.41, 5.74) is 1.27. The van der Waals surface area contributed by atoms with E-state index >= 15 is 0 Å². The Morgan fingerprint density at radius 3 is 2.33 bits per heavy atom. The number of nitrogens with zero attached hydrogens (tertiary/aromatic N) is 3. The summed E-state index contributed by atoms with van der Waals surface area (Å²) < 4.78 is 38.2. The average Bonchev–Trinajstić information content (AvgIpc) is 2.85. The van der Waals surface area contributed by atoms with Gasteiger partial charge in [-0.1, -0.05) is 13.3 Å². The number of nitrogens with one attached hydrogen (secondary N) is 1. The largest absolute Gasteiger partial charge is 0.497 e. The van der Waals surface area contributed by atoms with Crippen LogP contribution in [0.25, 0.3) is 0 Å². The van der Waals surface area contributed by atoms with Crippen molar-refractivity contribution in [3.8, 4) is 5.75 Å². The Hall–Kier alpha value is -1.72. The number of piperazine rings is 1. The lowest BCUT2D eigenvalue weighted by Gasteiger charge is -2.34. The van der Waals surface area contributed by atoms with Crippen molar-refractivity contribution < 1.29 is 22.7 Å². The zero-order valence-electron chi connectivity index (χ0n) is 23.0. The van der Waals surface area contributed by atoms with E-state index in [1.165, 1.54) is 11.4 Å². The maximum Gasteiger partial charge on any atom is 0.248 e. The van der Waals surface area contributed by atoms with Crippen LogP contribution in [0.5, 0.6) is 5.75 Å². The minimum Gasteiger partial charge on any atom is -0.497 e. The molecule has 1 amide bonds. The van der Waals surface area contributed by atoms with E-state index in [1.54, 1.807) is 45.0 Å². The molecule has 1 aromatic rings. The first-order valence-electron chi connectivity index (χ1n) is 13.0. The van der Waals surface area contributed by atoms with Crippen LogP contribution in [0, 0.1) is 13.8 Å². The third kappa shape index (κ3) is 8.69. The fourth-order valence-corrected chi connectivity index (χ4v) is 6.28. The molecule has 0 spiro atoms. The van der Waals surface area contributed by atoms with Gasteiger partial charge in [0.2, 0.25) is 15.9 Å². The van der Waals surface area contributed by atoms with Gasteiger partial charge in [0.15, 0.2) is 0 Å². The van der Waals surface area contributed by atoms with Crippen LogP contribution < -0.4 is 10.1 Å². The number of ether oxygens (including phenoxy) is 2. The minimum atomic E-state index is -3.68. The number of aryl methyl sites for hydroxylation is 2. The number of likely N-dealkylation sites (N-methyl/N-ethyl adjacent to an activating group) is 2. The lowest BCUT2D eigenvalue weighted by Crippen LogP contribution is -2.48. The molecule has 1 saturated heterocycles.